The molecule has 0 amide bonds. The van der Waals surface area contributed by atoms with Gasteiger partial charge in [-0.15, -0.1) is 0 Å². The maximum Gasteiger partial charge on any atom is 0.270 e. The van der Waals surface area contributed by atoms with Crippen molar-refractivity contribution in [2.75, 3.05) is 25.3 Å². The summed E-state index contributed by atoms with van der Waals surface area (Å²) in [7, 11) is -4.08. The Morgan fingerprint density at radius 2 is 1.94 bits per heavy atom. The fourth-order valence-electron chi connectivity index (χ4n) is 3.62. The summed E-state index contributed by atoms with van der Waals surface area (Å²) in [6, 6.07) is 6.88. The lowest BCUT2D eigenvalue weighted by molar-refractivity contribution is -0.385. The summed E-state index contributed by atoms with van der Waals surface area (Å²) in [5.41, 5.74) is 2.91. The topological polar surface area (TPSA) is 133 Å². The Morgan fingerprint density at radius 3 is 2.64 bits per heavy atom. The Bertz CT molecular complexity index is 1210. The van der Waals surface area contributed by atoms with Crippen molar-refractivity contribution < 1.29 is 27.6 Å². The van der Waals surface area contributed by atoms with E-state index in [1.165, 1.54) is 22.7 Å². The normalized spacial score (nSPS) is 20.8. The fourth-order valence-corrected chi connectivity index (χ4v) is 5.63. The van der Waals surface area contributed by atoms with Gasteiger partial charge in [-0.1, -0.05) is 11.6 Å². The zero-order chi connectivity index (χ0) is 23.8. The van der Waals surface area contributed by atoms with E-state index in [0.29, 0.717) is 22.1 Å². The molecule has 11 nitrogen and oxygen atoms in total. The summed E-state index contributed by atoms with van der Waals surface area (Å²) in [6.45, 7) is 3.86. The van der Waals surface area contributed by atoms with E-state index in [1.807, 2.05) is 0 Å². The number of hydrogen-bond acceptors (Lipinski definition) is 9. The Morgan fingerprint density at radius 1 is 1.21 bits per heavy atom. The Labute approximate surface area is 195 Å². The van der Waals surface area contributed by atoms with Crippen molar-refractivity contribution in [1.82, 2.24) is 4.31 Å². The van der Waals surface area contributed by atoms with Gasteiger partial charge in [0, 0.05) is 30.8 Å². The number of nitrogens with zero attached hydrogens (tertiary/aromatic N) is 3. The lowest BCUT2D eigenvalue weighted by Crippen LogP contribution is -2.48. The van der Waals surface area contributed by atoms with Gasteiger partial charge in [0.2, 0.25) is 16.8 Å². The van der Waals surface area contributed by atoms with Crippen LogP contribution >= 0.6 is 11.6 Å². The van der Waals surface area contributed by atoms with Crippen LogP contribution in [0.2, 0.25) is 5.02 Å². The predicted octanol–water partition coefficient (Wildman–Crippen LogP) is 3.22. The number of hydrogen-bond donors (Lipinski definition) is 1. The molecule has 0 radical (unpaired) electrons. The van der Waals surface area contributed by atoms with E-state index >= 15 is 0 Å². The number of nitro groups is 1. The molecule has 2 aliphatic rings. The summed E-state index contributed by atoms with van der Waals surface area (Å²) in [5.74, 6) is 0.914. The molecule has 0 saturated carbocycles. The van der Waals surface area contributed by atoms with Crippen molar-refractivity contribution in [3.8, 4) is 11.5 Å². The quantitative estimate of drug-likeness (QED) is 0.366. The SMILES string of the molecule is C[C@@H]1CN(S(=O)(=O)c2cc([N+](=O)[O-])ccc2N/N=C\c2ccc3c(c2Cl)OCO3)C[C@@H](C)O1. The maximum absolute atomic E-state index is 13.4. The van der Waals surface area contributed by atoms with Crippen molar-refractivity contribution in [3.63, 3.8) is 0 Å². The van der Waals surface area contributed by atoms with Crippen LogP contribution in [0, 0.1) is 10.1 Å². The second kappa shape index (κ2) is 9.14. The summed E-state index contributed by atoms with van der Waals surface area (Å²) in [5, 5.41) is 15.7. The molecule has 33 heavy (non-hydrogen) atoms. The van der Waals surface area contributed by atoms with Crippen LogP contribution in [-0.2, 0) is 14.8 Å². The first-order valence-corrected chi connectivity index (χ1v) is 11.8. The number of nitrogens with one attached hydrogen (secondary N) is 1. The molecule has 0 aromatic heterocycles. The van der Waals surface area contributed by atoms with E-state index in [4.69, 9.17) is 25.8 Å². The summed E-state index contributed by atoms with van der Waals surface area (Å²) >= 11 is 6.31. The smallest absolute Gasteiger partial charge is 0.270 e. The number of benzene rings is 2. The zero-order valence-electron chi connectivity index (χ0n) is 17.7. The zero-order valence-corrected chi connectivity index (χ0v) is 19.3. The van der Waals surface area contributed by atoms with Crippen LogP contribution in [0.5, 0.6) is 11.5 Å². The number of sulfonamides is 1. The molecule has 2 aromatic rings. The van der Waals surface area contributed by atoms with Gasteiger partial charge in [-0.2, -0.15) is 9.41 Å². The third kappa shape index (κ3) is 4.74. The highest BCUT2D eigenvalue weighted by molar-refractivity contribution is 7.89. The number of morpholine rings is 1. The lowest BCUT2D eigenvalue weighted by Gasteiger charge is -2.34. The van der Waals surface area contributed by atoms with Gasteiger partial charge in [0.25, 0.3) is 5.69 Å². The third-order valence-electron chi connectivity index (χ3n) is 5.08. The fraction of sp³-hybridized carbons (Fsp3) is 0.350. The molecule has 0 bridgehead atoms. The van der Waals surface area contributed by atoms with Gasteiger partial charge < -0.3 is 14.2 Å². The standard InChI is InChI=1S/C20H21ClN4O7S/c1-12-9-24(10-13(2)32-12)33(28,29)18-7-15(25(26)27)4-5-16(18)23-22-8-14-3-6-17-20(19(14)21)31-11-30-17/h3-8,12-13,23H,9-11H2,1-2H3/b22-8-/t12-,13-/m1/s1. The van der Waals surface area contributed by atoms with Crippen molar-refractivity contribution in [2.45, 2.75) is 31.0 Å². The van der Waals surface area contributed by atoms with Crippen LogP contribution in [0.15, 0.2) is 40.3 Å². The summed E-state index contributed by atoms with van der Waals surface area (Å²) in [4.78, 5) is 10.4. The molecule has 13 heteroatoms. The molecule has 1 fully saturated rings. The minimum absolute atomic E-state index is 0.0662. The van der Waals surface area contributed by atoms with E-state index in [0.717, 1.165) is 6.07 Å². The molecular weight excluding hydrogens is 476 g/mol. The van der Waals surface area contributed by atoms with Gasteiger partial charge in [0.15, 0.2) is 11.5 Å². The maximum atomic E-state index is 13.4. The van der Waals surface area contributed by atoms with Crippen LogP contribution in [0.1, 0.15) is 19.4 Å². The van der Waals surface area contributed by atoms with E-state index in [9.17, 15) is 18.5 Å². The van der Waals surface area contributed by atoms with Crippen molar-refractivity contribution >= 4 is 39.2 Å². The molecule has 0 unspecified atom stereocenters. The number of ether oxygens (including phenoxy) is 3. The highest BCUT2D eigenvalue weighted by Gasteiger charge is 2.34. The second-order valence-corrected chi connectivity index (χ2v) is 9.87. The van der Waals surface area contributed by atoms with Crippen LogP contribution in [0.25, 0.3) is 0 Å². The highest BCUT2D eigenvalue weighted by atomic mass is 35.5. The number of halogens is 1. The van der Waals surface area contributed by atoms with Crippen LogP contribution in [-0.4, -0.2) is 56.0 Å². The summed E-state index contributed by atoms with van der Waals surface area (Å²) in [6.07, 6.45) is 0.760. The van der Waals surface area contributed by atoms with Crippen LogP contribution in [0.4, 0.5) is 11.4 Å². The molecule has 1 saturated heterocycles. The Kier molecular flexibility index (Phi) is 6.43. The molecule has 2 aliphatic heterocycles. The van der Waals surface area contributed by atoms with E-state index in [2.05, 4.69) is 10.5 Å². The lowest BCUT2D eigenvalue weighted by atomic mass is 10.2. The van der Waals surface area contributed by atoms with Crippen LogP contribution in [0.3, 0.4) is 0 Å². The first-order valence-electron chi connectivity index (χ1n) is 9.98. The van der Waals surface area contributed by atoms with E-state index in [-0.39, 0.29) is 48.4 Å². The number of rotatable bonds is 6. The number of nitro benzene ring substituents is 1. The number of non-ortho nitro benzene ring substituents is 1. The van der Waals surface area contributed by atoms with Crippen molar-refractivity contribution in [3.05, 3.63) is 51.0 Å². The van der Waals surface area contributed by atoms with E-state index in [1.54, 1.807) is 26.0 Å². The number of anilines is 1. The average Bonchev–Trinajstić information content (AvgIpc) is 3.24. The molecule has 2 heterocycles. The van der Waals surface area contributed by atoms with Gasteiger partial charge >= 0.3 is 0 Å². The highest BCUT2D eigenvalue weighted by Crippen LogP contribution is 2.40. The summed E-state index contributed by atoms with van der Waals surface area (Å²) < 4.78 is 44.2. The van der Waals surface area contributed by atoms with Gasteiger partial charge in [-0.05, 0) is 32.0 Å². The molecule has 176 valence electrons. The molecule has 2 aromatic carbocycles. The molecule has 4 rings (SSSR count). The van der Waals surface area contributed by atoms with Crippen LogP contribution < -0.4 is 14.9 Å². The molecular formula is C20H21ClN4O7S. The van der Waals surface area contributed by atoms with Gasteiger partial charge in [-0.25, -0.2) is 8.42 Å². The van der Waals surface area contributed by atoms with Gasteiger partial charge in [0.1, 0.15) is 4.90 Å². The van der Waals surface area contributed by atoms with E-state index < -0.39 is 14.9 Å². The minimum Gasteiger partial charge on any atom is -0.454 e. The number of fused-ring (bicyclic) bond motifs is 1. The average molecular weight is 497 g/mol. The van der Waals surface area contributed by atoms with Crippen molar-refractivity contribution in [2.24, 2.45) is 5.10 Å². The van der Waals surface area contributed by atoms with Crippen molar-refractivity contribution in [1.29, 1.82) is 0 Å². The largest absolute Gasteiger partial charge is 0.454 e. The Hall–Kier alpha value is -2.93. The third-order valence-corrected chi connectivity index (χ3v) is 7.34. The molecule has 1 N–H and O–H groups in total. The minimum atomic E-state index is -4.08. The first-order chi connectivity index (χ1) is 15.7. The van der Waals surface area contributed by atoms with Gasteiger partial charge in [-0.3, -0.25) is 15.5 Å². The number of hydrazone groups is 1. The molecule has 0 spiro atoms. The second-order valence-electron chi connectivity index (χ2n) is 7.59. The van der Waals surface area contributed by atoms with Gasteiger partial charge in [0.05, 0.1) is 34.1 Å². The predicted molar refractivity (Wildman–Crippen MR) is 121 cm³/mol. The monoisotopic (exact) mass is 496 g/mol. The molecule has 2 atom stereocenters. The Balaban J connectivity index is 1.65. The first kappa shape index (κ1) is 23.2. The molecule has 0 aliphatic carbocycles.